The van der Waals surface area contributed by atoms with Crippen LogP contribution in [0.15, 0.2) is 30.7 Å². The van der Waals surface area contributed by atoms with Crippen LogP contribution in [-0.2, 0) is 0 Å². The standard InChI is InChI=1S/C18H21FN2O2/c19-14-3-1-2-13-16-9-20-10-21(16)15(18(13)14)8-17(23)11-4-6-12(22)7-5-11/h1-3,9-12,15,17,22-23H,4-8H2/t11?,12?,15-,17-/m1/s1. The molecular weight excluding hydrogens is 295 g/mol. The predicted octanol–water partition coefficient (Wildman–Crippen LogP) is 2.89. The molecule has 4 rings (SSSR count). The van der Waals surface area contributed by atoms with E-state index in [1.807, 2.05) is 10.6 Å². The number of fused-ring (bicyclic) bond motifs is 3. The van der Waals surface area contributed by atoms with Crippen molar-refractivity contribution in [1.82, 2.24) is 9.55 Å². The van der Waals surface area contributed by atoms with E-state index in [2.05, 4.69) is 4.98 Å². The molecule has 0 radical (unpaired) electrons. The van der Waals surface area contributed by atoms with Crippen LogP contribution in [0.1, 0.15) is 43.7 Å². The summed E-state index contributed by atoms with van der Waals surface area (Å²) in [5.41, 5.74) is 2.45. The smallest absolute Gasteiger partial charge is 0.129 e. The molecule has 4 nitrogen and oxygen atoms in total. The van der Waals surface area contributed by atoms with Gasteiger partial charge >= 0.3 is 0 Å². The second-order valence-electron chi connectivity index (χ2n) is 6.77. The highest BCUT2D eigenvalue weighted by Crippen LogP contribution is 2.43. The fraction of sp³-hybridized carbons (Fsp3) is 0.500. The Morgan fingerprint density at radius 3 is 2.83 bits per heavy atom. The normalized spacial score (nSPS) is 27.5. The van der Waals surface area contributed by atoms with Gasteiger partial charge in [-0.1, -0.05) is 12.1 Å². The maximum atomic E-state index is 14.4. The minimum atomic E-state index is -0.492. The Kier molecular flexibility index (Phi) is 3.70. The molecule has 1 saturated carbocycles. The second kappa shape index (κ2) is 5.73. The third-order valence-electron chi connectivity index (χ3n) is 5.41. The van der Waals surface area contributed by atoms with Crippen LogP contribution in [0.3, 0.4) is 0 Å². The van der Waals surface area contributed by atoms with Gasteiger partial charge in [-0.15, -0.1) is 0 Å². The van der Waals surface area contributed by atoms with Crippen molar-refractivity contribution >= 4 is 0 Å². The number of imidazole rings is 1. The molecule has 0 unspecified atom stereocenters. The molecule has 1 aromatic carbocycles. The first-order chi connectivity index (χ1) is 11.1. The van der Waals surface area contributed by atoms with Crippen molar-refractivity contribution in [3.8, 4) is 11.3 Å². The molecule has 5 heteroatoms. The summed E-state index contributed by atoms with van der Waals surface area (Å²) in [6.07, 6.45) is 6.38. The lowest BCUT2D eigenvalue weighted by molar-refractivity contribution is 0.0328. The molecule has 1 aromatic heterocycles. The second-order valence-corrected chi connectivity index (χ2v) is 6.77. The Balaban J connectivity index is 1.60. The van der Waals surface area contributed by atoms with Gasteiger partial charge in [0, 0.05) is 11.1 Å². The van der Waals surface area contributed by atoms with E-state index in [0.717, 1.165) is 36.9 Å². The quantitative estimate of drug-likeness (QED) is 0.915. The van der Waals surface area contributed by atoms with Crippen LogP contribution >= 0.6 is 0 Å². The van der Waals surface area contributed by atoms with E-state index in [0.29, 0.717) is 12.0 Å². The highest BCUT2D eigenvalue weighted by Gasteiger charge is 2.35. The van der Waals surface area contributed by atoms with Gasteiger partial charge in [-0.3, -0.25) is 0 Å². The summed E-state index contributed by atoms with van der Waals surface area (Å²) in [7, 11) is 0. The number of hydrogen-bond donors (Lipinski definition) is 2. The molecule has 0 saturated heterocycles. The minimum absolute atomic E-state index is 0.182. The first-order valence-electron chi connectivity index (χ1n) is 8.32. The van der Waals surface area contributed by atoms with Crippen molar-refractivity contribution < 1.29 is 14.6 Å². The van der Waals surface area contributed by atoms with E-state index in [-0.39, 0.29) is 23.9 Å². The lowest BCUT2D eigenvalue weighted by Gasteiger charge is -2.31. The number of benzene rings is 1. The van der Waals surface area contributed by atoms with Gasteiger partial charge in [0.2, 0.25) is 0 Å². The largest absolute Gasteiger partial charge is 0.393 e. The Morgan fingerprint density at radius 2 is 2.04 bits per heavy atom. The van der Waals surface area contributed by atoms with Crippen molar-refractivity contribution in [1.29, 1.82) is 0 Å². The van der Waals surface area contributed by atoms with Gasteiger partial charge in [-0.05, 0) is 44.1 Å². The lowest BCUT2D eigenvalue weighted by Crippen LogP contribution is -2.29. The molecule has 23 heavy (non-hydrogen) atoms. The van der Waals surface area contributed by atoms with Crippen LogP contribution in [0.2, 0.25) is 0 Å². The Hall–Kier alpha value is -1.72. The van der Waals surface area contributed by atoms with Crippen molar-refractivity contribution in [3.63, 3.8) is 0 Å². The number of nitrogens with zero attached hydrogens (tertiary/aromatic N) is 2. The topological polar surface area (TPSA) is 58.3 Å². The Morgan fingerprint density at radius 1 is 1.26 bits per heavy atom. The fourth-order valence-corrected chi connectivity index (χ4v) is 4.14. The summed E-state index contributed by atoms with van der Waals surface area (Å²) in [4.78, 5) is 4.18. The van der Waals surface area contributed by atoms with Crippen LogP contribution in [0, 0.1) is 11.7 Å². The van der Waals surface area contributed by atoms with Gasteiger partial charge in [-0.2, -0.15) is 0 Å². The molecule has 1 aliphatic heterocycles. The van der Waals surface area contributed by atoms with Gasteiger partial charge < -0.3 is 14.8 Å². The van der Waals surface area contributed by atoms with Crippen LogP contribution in [-0.4, -0.2) is 32.0 Å². The van der Waals surface area contributed by atoms with Crippen LogP contribution < -0.4 is 0 Å². The summed E-state index contributed by atoms with van der Waals surface area (Å²) < 4.78 is 16.3. The summed E-state index contributed by atoms with van der Waals surface area (Å²) in [6, 6.07) is 4.91. The highest BCUT2D eigenvalue weighted by molar-refractivity contribution is 5.69. The zero-order valence-corrected chi connectivity index (χ0v) is 12.9. The fourth-order valence-electron chi connectivity index (χ4n) is 4.14. The molecule has 0 spiro atoms. The number of hydrogen-bond acceptors (Lipinski definition) is 3. The summed E-state index contributed by atoms with van der Waals surface area (Å²) >= 11 is 0. The minimum Gasteiger partial charge on any atom is -0.393 e. The average Bonchev–Trinajstić information content (AvgIpc) is 3.12. The number of rotatable bonds is 3. The molecule has 2 atom stereocenters. The van der Waals surface area contributed by atoms with E-state index in [1.165, 1.54) is 6.07 Å². The maximum absolute atomic E-state index is 14.4. The SMILES string of the molecule is OC1CCC([C@H](O)C[C@@H]2c3c(F)cccc3-c3cncn32)CC1. The maximum Gasteiger partial charge on any atom is 0.129 e. The first-order valence-corrected chi connectivity index (χ1v) is 8.32. The summed E-state index contributed by atoms with van der Waals surface area (Å²) in [5, 5.41) is 20.3. The zero-order valence-electron chi connectivity index (χ0n) is 12.9. The van der Waals surface area contributed by atoms with Crippen molar-refractivity contribution in [2.75, 3.05) is 0 Å². The van der Waals surface area contributed by atoms with Gasteiger partial charge in [0.05, 0.1) is 36.5 Å². The Bertz CT molecular complexity index is 707. The van der Waals surface area contributed by atoms with Crippen LogP contribution in [0.25, 0.3) is 11.3 Å². The van der Waals surface area contributed by atoms with Gasteiger partial charge in [0.15, 0.2) is 0 Å². The number of aliphatic hydroxyl groups is 2. The zero-order chi connectivity index (χ0) is 16.0. The predicted molar refractivity (Wildman–Crippen MR) is 84.3 cm³/mol. The molecular formula is C18H21FN2O2. The first kappa shape index (κ1) is 14.8. The Labute approximate surface area is 134 Å². The molecule has 0 bridgehead atoms. The lowest BCUT2D eigenvalue weighted by atomic mass is 9.81. The molecule has 2 aromatic rings. The van der Waals surface area contributed by atoms with Crippen LogP contribution in [0.4, 0.5) is 4.39 Å². The van der Waals surface area contributed by atoms with Crippen molar-refractivity contribution in [3.05, 3.63) is 42.1 Å². The van der Waals surface area contributed by atoms with Gasteiger partial charge in [-0.25, -0.2) is 9.37 Å². The average molecular weight is 316 g/mol. The van der Waals surface area contributed by atoms with Gasteiger partial charge in [0.1, 0.15) is 5.82 Å². The summed E-state index contributed by atoms with van der Waals surface area (Å²) in [5.74, 6) is -0.0383. The van der Waals surface area contributed by atoms with Crippen molar-refractivity contribution in [2.24, 2.45) is 5.92 Å². The molecule has 2 heterocycles. The number of aliphatic hydroxyl groups excluding tert-OH is 2. The molecule has 1 aliphatic carbocycles. The number of halogens is 1. The van der Waals surface area contributed by atoms with E-state index < -0.39 is 6.10 Å². The molecule has 2 N–H and O–H groups in total. The van der Waals surface area contributed by atoms with Gasteiger partial charge in [0.25, 0.3) is 0 Å². The summed E-state index contributed by atoms with van der Waals surface area (Å²) in [6.45, 7) is 0. The molecule has 2 aliphatic rings. The third kappa shape index (κ3) is 2.48. The van der Waals surface area contributed by atoms with E-state index in [9.17, 15) is 14.6 Å². The molecule has 0 amide bonds. The van der Waals surface area contributed by atoms with E-state index in [4.69, 9.17) is 0 Å². The third-order valence-corrected chi connectivity index (χ3v) is 5.41. The molecule has 1 fully saturated rings. The van der Waals surface area contributed by atoms with E-state index in [1.54, 1.807) is 18.6 Å². The van der Waals surface area contributed by atoms with Crippen molar-refractivity contribution in [2.45, 2.75) is 50.4 Å². The monoisotopic (exact) mass is 316 g/mol. The highest BCUT2D eigenvalue weighted by atomic mass is 19.1. The number of aromatic nitrogens is 2. The molecule has 122 valence electrons. The van der Waals surface area contributed by atoms with E-state index >= 15 is 0 Å². The van der Waals surface area contributed by atoms with Crippen LogP contribution in [0.5, 0.6) is 0 Å².